The van der Waals surface area contributed by atoms with Crippen molar-refractivity contribution in [2.75, 3.05) is 7.11 Å². The molecular weight excluding hydrogens is 394 g/mol. The molecule has 0 saturated carbocycles. The average molecular weight is 415 g/mol. The van der Waals surface area contributed by atoms with E-state index in [9.17, 15) is 4.79 Å². The Morgan fingerprint density at radius 3 is 1.81 bits per heavy atom. The number of aromatic nitrogens is 5. The van der Waals surface area contributed by atoms with Crippen LogP contribution in [0, 0.1) is 0 Å². The predicted octanol–water partition coefficient (Wildman–Crippen LogP) is 3.82. The van der Waals surface area contributed by atoms with Crippen molar-refractivity contribution in [2.24, 2.45) is 0 Å². The predicted molar refractivity (Wildman–Crippen MR) is 116 cm³/mol. The second-order valence-electron chi connectivity index (χ2n) is 6.02. The highest BCUT2D eigenvalue weighted by Gasteiger charge is 2.01. The van der Waals surface area contributed by atoms with Crippen LogP contribution in [-0.2, 0) is 0 Å². The van der Waals surface area contributed by atoms with Gasteiger partial charge in [-0.1, -0.05) is 0 Å². The van der Waals surface area contributed by atoms with E-state index in [1.54, 1.807) is 35.4 Å². The quantitative estimate of drug-likeness (QED) is 0.448. The smallest absolute Gasteiger partial charge is 0.181 e. The highest BCUT2D eigenvalue weighted by atomic mass is 16.3. The number of carbonyl (C=O) groups is 1. The van der Waals surface area contributed by atoms with Crippen molar-refractivity contribution in [3.05, 3.63) is 104 Å². The van der Waals surface area contributed by atoms with E-state index in [1.807, 2.05) is 65.6 Å². The fourth-order valence-corrected chi connectivity index (χ4v) is 2.69. The maximum Gasteiger partial charge on any atom is 0.181 e. The lowest BCUT2D eigenvalue weighted by atomic mass is 10.2. The number of carbonyl (C=O) groups excluding carboxylic acids is 1. The fourth-order valence-electron chi connectivity index (χ4n) is 2.69. The minimum Gasteiger partial charge on any atom is -0.444 e. The highest BCUT2D eigenvalue weighted by Crippen LogP contribution is 2.19. The van der Waals surface area contributed by atoms with Crippen LogP contribution in [-0.4, -0.2) is 43.0 Å². The van der Waals surface area contributed by atoms with Gasteiger partial charge in [-0.2, -0.15) is 10.2 Å². The molecule has 0 aliphatic carbocycles. The Bertz CT molecular complexity index is 1080. The lowest BCUT2D eigenvalue weighted by molar-refractivity contribution is 0.112. The van der Waals surface area contributed by atoms with Crippen LogP contribution in [0.4, 0.5) is 0 Å². The summed E-state index contributed by atoms with van der Waals surface area (Å²) in [7, 11) is 1.00. The second kappa shape index (κ2) is 11.0. The molecule has 0 saturated heterocycles. The van der Waals surface area contributed by atoms with Crippen LogP contribution >= 0.6 is 0 Å². The van der Waals surface area contributed by atoms with Gasteiger partial charge in [-0.15, -0.1) is 0 Å². The standard InChI is InChI=1S/C12H9N3O.C10H8N2O.CH4O/c1-6-14-15(7-1)11-4-2-10(3-5-11)12-8-13-9-16-12;13-8-9-2-4-10(5-3-9)12-7-1-6-11-12;1-2/h1-9H;1-8H;2H,1H3. The Labute approximate surface area is 179 Å². The van der Waals surface area contributed by atoms with Crippen molar-refractivity contribution in [1.29, 1.82) is 0 Å². The molecule has 0 bridgehead atoms. The van der Waals surface area contributed by atoms with Crippen molar-refractivity contribution < 1.29 is 14.3 Å². The normalized spacial score (nSPS) is 9.74. The summed E-state index contributed by atoms with van der Waals surface area (Å²) < 4.78 is 8.77. The van der Waals surface area contributed by atoms with E-state index >= 15 is 0 Å². The van der Waals surface area contributed by atoms with Crippen LogP contribution in [0.3, 0.4) is 0 Å². The first kappa shape index (κ1) is 21.4. The number of oxazole rings is 1. The molecule has 0 fully saturated rings. The molecule has 5 aromatic rings. The highest BCUT2D eigenvalue weighted by molar-refractivity contribution is 5.75. The van der Waals surface area contributed by atoms with E-state index in [2.05, 4.69) is 15.2 Å². The van der Waals surface area contributed by atoms with Crippen molar-refractivity contribution in [3.8, 4) is 22.7 Å². The van der Waals surface area contributed by atoms with Crippen LogP contribution < -0.4 is 0 Å². The first-order valence-corrected chi connectivity index (χ1v) is 9.32. The summed E-state index contributed by atoms with van der Waals surface area (Å²) >= 11 is 0. The maximum atomic E-state index is 10.4. The zero-order valence-corrected chi connectivity index (χ0v) is 16.8. The Morgan fingerprint density at radius 2 is 1.39 bits per heavy atom. The van der Waals surface area contributed by atoms with Crippen LogP contribution in [0.25, 0.3) is 22.7 Å². The van der Waals surface area contributed by atoms with Crippen LogP contribution in [0.2, 0.25) is 0 Å². The first-order chi connectivity index (χ1) is 15.3. The van der Waals surface area contributed by atoms with Gasteiger partial charge >= 0.3 is 0 Å². The second-order valence-corrected chi connectivity index (χ2v) is 6.02. The molecule has 0 spiro atoms. The van der Waals surface area contributed by atoms with E-state index in [-0.39, 0.29) is 0 Å². The van der Waals surface area contributed by atoms with Crippen molar-refractivity contribution in [3.63, 3.8) is 0 Å². The van der Waals surface area contributed by atoms with E-state index in [0.717, 1.165) is 36.1 Å². The van der Waals surface area contributed by atoms with Gasteiger partial charge < -0.3 is 9.52 Å². The largest absolute Gasteiger partial charge is 0.444 e. The van der Waals surface area contributed by atoms with E-state index in [4.69, 9.17) is 9.52 Å². The van der Waals surface area contributed by atoms with Crippen LogP contribution in [0.5, 0.6) is 0 Å². The summed E-state index contributed by atoms with van der Waals surface area (Å²) in [6.45, 7) is 0. The van der Waals surface area contributed by atoms with Gasteiger partial charge in [0, 0.05) is 43.0 Å². The molecule has 2 aromatic carbocycles. The number of aliphatic hydroxyl groups is 1. The zero-order chi connectivity index (χ0) is 21.9. The number of hydrogen-bond acceptors (Lipinski definition) is 6. The number of hydrogen-bond donors (Lipinski definition) is 1. The Morgan fingerprint density at radius 1 is 0.839 bits per heavy atom. The molecule has 0 amide bonds. The monoisotopic (exact) mass is 415 g/mol. The molecule has 8 heteroatoms. The van der Waals surface area contributed by atoms with Crippen LogP contribution in [0.15, 0.2) is 102 Å². The van der Waals surface area contributed by atoms with Gasteiger partial charge in [0.25, 0.3) is 0 Å². The molecule has 0 aliphatic heterocycles. The first-order valence-electron chi connectivity index (χ1n) is 9.32. The van der Waals surface area contributed by atoms with Gasteiger partial charge in [0.05, 0.1) is 17.6 Å². The molecule has 0 aliphatic rings. The molecule has 8 nitrogen and oxygen atoms in total. The Kier molecular flexibility index (Phi) is 7.62. The number of benzene rings is 2. The summed E-state index contributed by atoms with van der Waals surface area (Å²) in [6, 6.07) is 18.9. The van der Waals surface area contributed by atoms with Crippen LogP contribution in [0.1, 0.15) is 10.4 Å². The molecule has 0 radical (unpaired) electrons. The summed E-state index contributed by atoms with van der Waals surface area (Å²) in [5.74, 6) is 0.770. The molecule has 3 heterocycles. The average Bonchev–Trinajstić information content (AvgIpc) is 3.64. The van der Waals surface area contributed by atoms with Crippen molar-refractivity contribution >= 4 is 6.29 Å². The third-order valence-electron chi connectivity index (χ3n) is 4.15. The molecule has 0 atom stereocenters. The van der Waals surface area contributed by atoms with E-state index in [0.29, 0.717) is 5.56 Å². The molecule has 3 aromatic heterocycles. The number of aldehydes is 1. The van der Waals surface area contributed by atoms with Crippen molar-refractivity contribution in [1.82, 2.24) is 24.5 Å². The molecule has 31 heavy (non-hydrogen) atoms. The van der Waals surface area contributed by atoms with Crippen molar-refractivity contribution in [2.45, 2.75) is 0 Å². The summed E-state index contributed by atoms with van der Waals surface area (Å²) in [4.78, 5) is 14.3. The summed E-state index contributed by atoms with van der Waals surface area (Å²) in [6.07, 6.45) is 11.2. The topological polar surface area (TPSA) is 99.0 Å². The minimum atomic E-state index is 0.677. The van der Waals surface area contributed by atoms with Gasteiger partial charge in [0.2, 0.25) is 0 Å². The zero-order valence-electron chi connectivity index (χ0n) is 16.8. The Hall–Kier alpha value is -4.30. The fraction of sp³-hybridized carbons (Fsp3) is 0.0435. The van der Waals surface area contributed by atoms with E-state index in [1.165, 1.54) is 6.39 Å². The number of nitrogens with zero attached hydrogens (tertiary/aromatic N) is 5. The molecule has 1 N–H and O–H groups in total. The lowest BCUT2D eigenvalue weighted by Gasteiger charge is -2.01. The molecular formula is C23H21N5O3. The van der Waals surface area contributed by atoms with Gasteiger partial charge in [0.15, 0.2) is 12.2 Å². The third-order valence-corrected chi connectivity index (χ3v) is 4.15. The van der Waals surface area contributed by atoms with E-state index < -0.39 is 0 Å². The number of aliphatic hydroxyl groups excluding tert-OH is 1. The summed E-state index contributed by atoms with van der Waals surface area (Å²) in [5, 5.41) is 15.2. The maximum absolute atomic E-state index is 10.4. The Balaban J connectivity index is 0.000000166. The number of rotatable bonds is 4. The molecule has 0 unspecified atom stereocenters. The van der Waals surface area contributed by atoms with Gasteiger partial charge in [-0.25, -0.2) is 14.3 Å². The third kappa shape index (κ3) is 5.62. The molecule has 5 rings (SSSR count). The molecule has 156 valence electrons. The minimum absolute atomic E-state index is 0.677. The van der Waals surface area contributed by atoms with Gasteiger partial charge in [-0.3, -0.25) is 4.79 Å². The van der Waals surface area contributed by atoms with Gasteiger partial charge in [-0.05, 0) is 60.7 Å². The van der Waals surface area contributed by atoms with Gasteiger partial charge in [0.1, 0.15) is 6.29 Å². The SMILES string of the molecule is CO.O=Cc1ccc(-n2cccn2)cc1.c1cnn(-c2ccc(-c3cnco3)cc2)c1. The summed E-state index contributed by atoms with van der Waals surface area (Å²) in [5.41, 5.74) is 3.66. The lowest BCUT2D eigenvalue weighted by Crippen LogP contribution is -1.93.